The van der Waals surface area contributed by atoms with Gasteiger partial charge in [-0.2, -0.15) is 0 Å². The molecule has 2 rings (SSSR count). The summed E-state index contributed by atoms with van der Waals surface area (Å²) in [6.45, 7) is 5.48. The highest BCUT2D eigenvalue weighted by Crippen LogP contribution is 2.16. The Balaban J connectivity index is 1.76. The van der Waals surface area contributed by atoms with E-state index in [4.69, 9.17) is 4.74 Å². The van der Waals surface area contributed by atoms with E-state index < -0.39 is 11.5 Å². The van der Waals surface area contributed by atoms with Crippen molar-refractivity contribution in [2.24, 2.45) is 0 Å². The van der Waals surface area contributed by atoms with Crippen molar-refractivity contribution in [3.63, 3.8) is 0 Å². The summed E-state index contributed by atoms with van der Waals surface area (Å²) in [5.41, 5.74) is 2.03. The maximum Gasteiger partial charge on any atom is 0.408 e. The van der Waals surface area contributed by atoms with E-state index in [0.717, 1.165) is 24.2 Å². The van der Waals surface area contributed by atoms with Crippen LogP contribution >= 0.6 is 11.8 Å². The highest BCUT2D eigenvalue weighted by atomic mass is 32.2. The molecule has 0 aliphatic heterocycles. The van der Waals surface area contributed by atoms with Gasteiger partial charge in [-0.25, -0.2) is 4.79 Å². The number of alkyl carbamates (subject to hydrolysis) is 1. The SMILES string of the molecule is CC(C)SC(NC(=O)OCc1ccccc1)C(=O)NCCCN(C)c1ccccc1. The molecule has 0 aliphatic rings. The predicted octanol–water partition coefficient (Wildman–Crippen LogP) is 4.02. The van der Waals surface area contributed by atoms with E-state index >= 15 is 0 Å². The van der Waals surface area contributed by atoms with Crippen LogP contribution < -0.4 is 15.5 Å². The maximum absolute atomic E-state index is 12.6. The fraction of sp³-hybridized carbons (Fsp3) is 0.391. The Kier molecular flexibility index (Phi) is 10.1. The summed E-state index contributed by atoms with van der Waals surface area (Å²) in [5.74, 6) is -0.215. The number of carbonyl (C=O) groups excluding carboxylic acids is 2. The second-order valence-corrected chi connectivity index (χ2v) is 8.86. The second kappa shape index (κ2) is 12.8. The molecule has 1 unspecified atom stereocenters. The number of thioether (sulfide) groups is 1. The van der Waals surface area contributed by atoms with Gasteiger partial charge in [0, 0.05) is 31.1 Å². The Morgan fingerprint density at radius 3 is 2.30 bits per heavy atom. The molecule has 30 heavy (non-hydrogen) atoms. The molecular weight excluding hydrogens is 398 g/mol. The number of nitrogens with zero attached hydrogens (tertiary/aromatic N) is 1. The summed E-state index contributed by atoms with van der Waals surface area (Å²) in [6, 6.07) is 19.5. The number of anilines is 1. The number of hydrogen-bond acceptors (Lipinski definition) is 5. The summed E-state index contributed by atoms with van der Waals surface area (Å²) < 4.78 is 5.25. The zero-order valence-corrected chi connectivity index (χ0v) is 18.7. The van der Waals surface area contributed by atoms with Gasteiger partial charge in [0.05, 0.1) is 0 Å². The lowest BCUT2D eigenvalue weighted by Crippen LogP contribution is -2.46. The van der Waals surface area contributed by atoms with E-state index in [9.17, 15) is 9.59 Å². The van der Waals surface area contributed by atoms with Crippen molar-refractivity contribution in [1.29, 1.82) is 0 Å². The van der Waals surface area contributed by atoms with E-state index in [-0.39, 0.29) is 17.8 Å². The molecule has 2 amide bonds. The minimum Gasteiger partial charge on any atom is -0.445 e. The van der Waals surface area contributed by atoms with Crippen LogP contribution in [0.3, 0.4) is 0 Å². The molecule has 0 heterocycles. The average molecular weight is 430 g/mol. The molecule has 0 radical (unpaired) electrons. The first-order valence-electron chi connectivity index (χ1n) is 10.1. The number of rotatable bonds is 11. The fourth-order valence-corrected chi connectivity index (χ4v) is 3.65. The van der Waals surface area contributed by atoms with Gasteiger partial charge >= 0.3 is 6.09 Å². The molecule has 0 aromatic heterocycles. The van der Waals surface area contributed by atoms with Crippen molar-refractivity contribution in [2.45, 2.75) is 37.5 Å². The van der Waals surface area contributed by atoms with Crippen LogP contribution in [0.15, 0.2) is 60.7 Å². The molecule has 7 heteroatoms. The number of amides is 2. The first kappa shape index (κ1) is 23.6. The van der Waals surface area contributed by atoms with Gasteiger partial charge in [-0.15, -0.1) is 11.8 Å². The van der Waals surface area contributed by atoms with Gasteiger partial charge in [0.1, 0.15) is 6.61 Å². The highest BCUT2D eigenvalue weighted by Gasteiger charge is 2.23. The predicted molar refractivity (Wildman–Crippen MR) is 124 cm³/mol. The molecule has 2 aromatic carbocycles. The Hall–Kier alpha value is -2.67. The Bertz CT molecular complexity index is 772. The largest absolute Gasteiger partial charge is 0.445 e. The van der Waals surface area contributed by atoms with E-state index in [1.807, 2.05) is 69.4 Å². The van der Waals surface area contributed by atoms with E-state index in [1.54, 1.807) is 0 Å². The molecule has 0 fully saturated rings. The number of benzene rings is 2. The zero-order chi connectivity index (χ0) is 21.8. The van der Waals surface area contributed by atoms with E-state index in [2.05, 4.69) is 27.7 Å². The summed E-state index contributed by atoms with van der Waals surface area (Å²) in [4.78, 5) is 26.9. The molecule has 0 saturated heterocycles. The average Bonchev–Trinajstić information content (AvgIpc) is 2.75. The summed E-state index contributed by atoms with van der Waals surface area (Å²) in [7, 11) is 2.03. The van der Waals surface area contributed by atoms with Gasteiger partial charge in [0.25, 0.3) is 5.91 Å². The Morgan fingerprint density at radius 2 is 1.67 bits per heavy atom. The standard InChI is InChI=1S/C23H31N3O3S/c1-18(2)30-22(25-23(28)29-17-19-11-6-4-7-12-19)21(27)24-15-10-16-26(3)20-13-8-5-9-14-20/h4-9,11-14,18,22H,10,15-17H2,1-3H3,(H,24,27)(H,25,28). The minimum atomic E-state index is -0.694. The van der Waals surface area contributed by atoms with E-state index in [0.29, 0.717) is 6.54 Å². The third-order valence-electron chi connectivity index (χ3n) is 4.27. The van der Waals surface area contributed by atoms with Gasteiger partial charge in [-0.3, -0.25) is 4.79 Å². The minimum absolute atomic E-state index is 0.166. The molecule has 0 spiro atoms. The van der Waals surface area contributed by atoms with Crippen molar-refractivity contribution >= 4 is 29.4 Å². The van der Waals surface area contributed by atoms with Gasteiger partial charge in [0.2, 0.25) is 0 Å². The summed E-state index contributed by atoms with van der Waals surface area (Å²) in [5, 5.41) is 5.08. The quantitative estimate of drug-likeness (QED) is 0.417. The zero-order valence-electron chi connectivity index (χ0n) is 17.8. The molecular formula is C23H31N3O3S. The smallest absolute Gasteiger partial charge is 0.408 e. The number of para-hydroxylation sites is 1. The van der Waals surface area contributed by atoms with Gasteiger partial charge in [-0.05, 0) is 24.1 Å². The Labute approximate surface area is 183 Å². The number of ether oxygens (including phenoxy) is 1. The lowest BCUT2D eigenvalue weighted by atomic mass is 10.2. The Morgan fingerprint density at radius 1 is 1.03 bits per heavy atom. The van der Waals surface area contributed by atoms with Crippen LogP contribution in [0.4, 0.5) is 10.5 Å². The van der Waals surface area contributed by atoms with Crippen molar-refractivity contribution in [3.05, 3.63) is 66.2 Å². The number of nitrogens with one attached hydrogen (secondary N) is 2. The van der Waals surface area contributed by atoms with Gasteiger partial charge in [0.15, 0.2) is 5.37 Å². The number of hydrogen-bond donors (Lipinski definition) is 2. The lowest BCUT2D eigenvalue weighted by molar-refractivity contribution is -0.121. The van der Waals surface area contributed by atoms with Gasteiger partial charge in [-0.1, -0.05) is 62.4 Å². The van der Waals surface area contributed by atoms with E-state index in [1.165, 1.54) is 11.8 Å². The third kappa shape index (κ3) is 8.78. The monoisotopic (exact) mass is 429 g/mol. The number of carbonyl (C=O) groups is 2. The highest BCUT2D eigenvalue weighted by molar-refractivity contribution is 8.01. The van der Waals surface area contributed by atoms with Crippen molar-refractivity contribution < 1.29 is 14.3 Å². The van der Waals surface area contributed by atoms with Crippen molar-refractivity contribution in [2.75, 3.05) is 25.0 Å². The van der Waals surface area contributed by atoms with Crippen molar-refractivity contribution in [3.8, 4) is 0 Å². The maximum atomic E-state index is 12.6. The molecule has 2 aromatic rings. The fourth-order valence-electron chi connectivity index (χ4n) is 2.74. The summed E-state index contributed by atoms with van der Waals surface area (Å²) in [6.07, 6.45) is 0.199. The second-order valence-electron chi connectivity index (χ2n) is 7.17. The van der Waals surface area contributed by atoms with Crippen LogP contribution in [0.2, 0.25) is 0 Å². The van der Waals surface area contributed by atoms with Gasteiger partial charge < -0.3 is 20.3 Å². The molecule has 162 valence electrons. The van der Waals surface area contributed by atoms with Crippen molar-refractivity contribution in [1.82, 2.24) is 10.6 Å². The van der Waals surface area contributed by atoms with Crippen LogP contribution in [0, 0.1) is 0 Å². The molecule has 0 saturated carbocycles. The van der Waals surface area contributed by atoms with Crippen LogP contribution in [0.1, 0.15) is 25.8 Å². The first-order chi connectivity index (χ1) is 14.5. The van der Waals surface area contributed by atoms with Crippen LogP contribution in [0.25, 0.3) is 0 Å². The molecule has 2 N–H and O–H groups in total. The normalized spacial score (nSPS) is 11.6. The van der Waals surface area contributed by atoms with Crippen LogP contribution in [0.5, 0.6) is 0 Å². The van der Waals surface area contributed by atoms with Crippen LogP contribution in [-0.2, 0) is 16.1 Å². The molecule has 0 aliphatic carbocycles. The molecule has 1 atom stereocenters. The lowest BCUT2D eigenvalue weighted by Gasteiger charge is -2.21. The van der Waals surface area contributed by atoms with Crippen LogP contribution in [-0.4, -0.2) is 42.8 Å². The molecule has 0 bridgehead atoms. The summed E-state index contributed by atoms with van der Waals surface area (Å²) >= 11 is 1.38. The topological polar surface area (TPSA) is 70.7 Å². The molecule has 6 nitrogen and oxygen atoms in total. The third-order valence-corrected chi connectivity index (χ3v) is 5.42. The first-order valence-corrected chi connectivity index (χ1v) is 11.1.